The molecule has 1 aromatic heterocycles. The molecule has 6 nitrogen and oxygen atoms in total. The molecule has 27 heavy (non-hydrogen) atoms. The fraction of sp³-hybridized carbons (Fsp3) is 0.550. The van der Waals surface area contributed by atoms with Crippen molar-refractivity contribution < 1.29 is 9.90 Å². The number of amides is 1. The van der Waals surface area contributed by atoms with Crippen molar-refractivity contribution in [2.45, 2.75) is 52.0 Å². The number of carbonyl (C=O) groups is 1. The van der Waals surface area contributed by atoms with E-state index in [2.05, 4.69) is 11.9 Å². The molecule has 1 unspecified atom stereocenters. The van der Waals surface area contributed by atoms with Crippen molar-refractivity contribution in [1.82, 2.24) is 14.9 Å². The number of H-pyrrole nitrogens is 1. The molecule has 0 saturated heterocycles. The van der Waals surface area contributed by atoms with Gasteiger partial charge in [0.25, 0.3) is 5.56 Å². The quantitative estimate of drug-likeness (QED) is 0.525. The number of carbonyl (C=O) groups excluding carboxylic acids is 1. The molecule has 1 amide bonds. The third-order valence-electron chi connectivity index (χ3n) is 4.71. The summed E-state index contributed by atoms with van der Waals surface area (Å²) in [6.45, 7) is 3.98. The molecule has 0 saturated carbocycles. The van der Waals surface area contributed by atoms with Gasteiger partial charge in [0.15, 0.2) is 0 Å². The molecule has 0 radical (unpaired) electrons. The number of hydrogen-bond acceptors (Lipinski definition) is 4. The van der Waals surface area contributed by atoms with Gasteiger partial charge in [-0.1, -0.05) is 44.9 Å². The second kappa shape index (κ2) is 10.4. The SMILES string of the molecule is CC/C=C(\C=C/CCl)c1nc2c(c(=O)[nH]1)CCN(C(=O)CO)C2CCCC. The van der Waals surface area contributed by atoms with Crippen LogP contribution < -0.4 is 5.56 Å². The molecule has 0 aromatic carbocycles. The Kier molecular flexibility index (Phi) is 8.25. The van der Waals surface area contributed by atoms with Gasteiger partial charge in [0.2, 0.25) is 5.91 Å². The smallest absolute Gasteiger partial charge is 0.254 e. The predicted molar refractivity (Wildman–Crippen MR) is 108 cm³/mol. The number of nitrogens with one attached hydrogen (secondary N) is 1. The van der Waals surface area contributed by atoms with Crippen molar-refractivity contribution >= 4 is 23.1 Å². The number of alkyl halides is 1. The Bertz CT molecular complexity index is 770. The van der Waals surface area contributed by atoms with Gasteiger partial charge in [0, 0.05) is 23.6 Å². The second-order valence-corrected chi connectivity index (χ2v) is 6.86. The number of unbranched alkanes of at least 4 members (excludes halogenated alkanes) is 1. The Hall–Kier alpha value is -1.92. The number of aliphatic hydroxyl groups excluding tert-OH is 1. The van der Waals surface area contributed by atoms with E-state index in [1.807, 2.05) is 19.1 Å². The molecule has 1 aliphatic rings. The van der Waals surface area contributed by atoms with Crippen LogP contribution in [0.15, 0.2) is 23.0 Å². The first-order valence-electron chi connectivity index (χ1n) is 9.53. The normalized spacial score (nSPS) is 17.4. The minimum absolute atomic E-state index is 0.158. The van der Waals surface area contributed by atoms with E-state index in [4.69, 9.17) is 16.6 Å². The van der Waals surface area contributed by atoms with E-state index in [0.717, 1.165) is 31.3 Å². The summed E-state index contributed by atoms with van der Waals surface area (Å²) in [6.07, 6.45) is 9.47. The van der Waals surface area contributed by atoms with Crippen LogP contribution in [-0.2, 0) is 11.2 Å². The maximum absolute atomic E-state index is 12.7. The Labute approximate surface area is 165 Å². The van der Waals surface area contributed by atoms with Crippen molar-refractivity contribution in [2.75, 3.05) is 19.0 Å². The molecule has 1 aliphatic heterocycles. The highest BCUT2D eigenvalue weighted by atomic mass is 35.5. The minimum atomic E-state index is -0.534. The Morgan fingerprint density at radius 1 is 1.44 bits per heavy atom. The number of halogens is 1. The van der Waals surface area contributed by atoms with Gasteiger partial charge >= 0.3 is 0 Å². The maximum Gasteiger partial charge on any atom is 0.254 e. The van der Waals surface area contributed by atoms with Gasteiger partial charge in [-0.3, -0.25) is 9.59 Å². The van der Waals surface area contributed by atoms with E-state index in [9.17, 15) is 14.7 Å². The van der Waals surface area contributed by atoms with E-state index in [1.165, 1.54) is 0 Å². The lowest BCUT2D eigenvalue weighted by Gasteiger charge is -2.36. The van der Waals surface area contributed by atoms with E-state index >= 15 is 0 Å². The molecule has 148 valence electrons. The number of rotatable bonds is 8. The number of aliphatic hydroxyl groups is 1. The van der Waals surface area contributed by atoms with E-state index in [0.29, 0.717) is 35.9 Å². The number of fused-ring (bicyclic) bond motifs is 1. The van der Waals surface area contributed by atoms with E-state index < -0.39 is 6.61 Å². The Morgan fingerprint density at radius 3 is 2.85 bits per heavy atom. The Morgan fingerprint density at radius 2 is 2.22 bits per heavy atom. The van der Waals surface area contributed by atoms with Gasteiger partial charge in [0.1, 0.15) is 12.4 Å². The summed E-state index contributed by atoms with van der Waals surface area (Å²) in [7, 11) is 0. The van der Waals surface area contributed by atoms with Gasteiger partial charge in [-0.15, -0.1) is 11.6 Å². The summed E-state index contributed by atoms with van der Waals surface area (Å²) in [5, 5.41) is 9.33. The summed E-state index contributed by atoms with van der Waals surface area (Å²) >= 11 is 5.76. The number of aromatic amines is 1. The predicted octanol–water partition coefficient (Wildman–Crippen LogP) is 2.97. The lowest BCUT2D eigenvalue weighted by atomic mass is 9.94. The van der Waals surface area contributed by atoms with Crippen LogP contribution in [0.3, 0.4) is 0 Å². The minimum Gasteiger partial charge on any atom is -0.387 e. The van der Waals surface area contributed by atoms with Gasteiger partial charge in [-0.05, 0) is 19.3 Å². The number of hydrogen-bond donors (Lipinski definition) is 2. The van der Waals surface area contributed by atoms with Gasteiger partial charge < -0.3 is 15.0 Å². The first kappa shape index (κ1) is 21.4. The Balaban J connectivity index is 2.55. The standard InChI is InChI=1S/C20H28ClN3O3/c1-3-5-9-16-18-15(10-12-24(16)17(26)13-25)20(27)23-19(22-18)14(7-4-2)8-6-11-21/h6-8,16,25H,3-5,9-13H2,1-2H3,(H,22,23,27)/b8-6-,14-7+. The molecule has 1 atom stereocenters. The van der Waals surface area contributed by atoms with Crippen LogP contribution in [-0.4, -0.2) is 44.9 Å². The van der Waals surface area contributed by atoms with Gasteiger partial charge in [-0.25, -0.2) is 4.98 Å². The van der Waals surface area contributed by atoms with E-state index in [1.54, 1.807) is 11.0 Å². The second-order valence-electron chi connectivity index (χ2n) is 6.56. The highest BCUT2D eigenvalue weighted by Crippen LogP contribution is 2.31. The molecule has 2 N–H and O–H groups in total. The van der Waals surface area contributed by atoms with Crippen LogP contribution in [0.25, 0.3) is 5.57 Å². The summed E-state index contributed by atoms with van der Waals surface area (Å²) in [5.41, 5.74) is 1.93. The first-order valence-corrected chi connectivity index (χ1v) is 10.1. The van der Waals surface area contributed by atoms with Crippen molar-refractivity contribution in [1.29, 1.82) is 0 Å². The number of allylic oxidation sites excluding steroid dienone is 4. The average molecular weight is 394 g/mol. The topological polar surface area (TPSA) is 86.3 Å². The summed E-state index contributed by atoms with van der Waals surface area (Å²) < 4.78 is 0. The fourth-order valence-corrected chi connectivity index (χ4v) is 3.51. The monoisotopic (exact) mass is 393 g/mol. The molecule has 1 aromatic rings. The van der Waals surface area contributed by atoms with Crippen LogP contribution in [0, 0.1) is 0 Å². The van der Waals surface area contributed by atoms with Crippen LogP contribution in [0.4, 0.5) is 0 Å². The summed E-state index contributed by atoms with van der Waals surface area (Å²) in [5.74, 6) is 0.534. The van der Waals surface area contributed by atoms with Gasteiger partial charge in [0.05, 0.1) is 11.7 Å². The van der Waals surface area contributed by atoms with Crippen LogP contribution in [0.5, 0.6) is 0 Å². The zero-order valence-corrected chi connectivity index (χ0v) is 16.8. The van der Waals surface area contributed by atoms with Crippen LogP contribution >= 0.6 is 11.6 Å². The fourth-order valence-electron chi connectivity index (χ4n) is 3.42. The number of aromatic nitrogens is 2. The lowest BCUT2D eigenvalue weighted by Crippen LogP contribution is -2.44. The molecule has 2 rings (SSSR count). The van der Waals surface area contributed by atoms with E-state index in [-0.39, 0.29) is 17.5 Å². The highest BCUT2D eigenvalue weighted by molar-refractivity contribution is 6.19. The summed E-state index contributed by atoms with van der Waals surface area (Å²) in [6, 6.07) is -0.283. The van der Waals surface area contributed by atoms with Crippen molar-refractivity contribution in [2.24, 2.45) is 0 Å². The zero-order chi connectivity index (χ0) is 19.8. The van der Waals surface area contributed by atoms with Crippen molar-refractivity contribution in [3.05, 3.63) is 45.7 Å². The van der Waals surface area contributed by atoms with Crippen LogP contribution in [0.1, 0.15) is 62.7 Å². The molecule has 2 heterocycles. The summed E-state index contributed by atoms with van der Waals surface area (Å²) in [4.78, 5) is 34.2. The van der Waals surface area contributed by atoms with Crippen LogP contribution in [0.2, 0.25) is 0 Å². The molecular formula is C20H28ClN3O3. The van der Waals surface area contributed by atoms with Gasteiger partial charge in [-0.2, -0.15) is 0 Å². The number of nitrogens with zero attached hydrogens (tertiary/aromatic N) is 2. The maximum atomic E-state index is 12.7. The van der Waals surface area contributed by atoms with Crippen molar-refractivity contribution in [3.63, 3.8) is 0 Å². The molecule has 0 fully saturated rings. The first-order chi connectivity index (χ1) is 13.1. The molecular weight excluding hydrogens is 366 g/mol. The zero-order valence-electron chi connectivity index (χ0n) is 16.0. The third kappa shape index (κ3) is 5.08. The molecule has 0 bridgehead atoms. The van der Waals surface area contributed by atoms with Crippen molar-refractivity contribution in [3.8, 4) is 0 Å². The highest BCUT2D eigenvalue weighted by Gasteiger charge is 2.33. The molecule has 7 heteroatoms. The average Bonchev–Trinajstić information content (AvgIpc) is 2.68. The largest absolute Gasteiger partial charge is 0.387 e. The third-order valence-corrected chi connectivity index (χ3v) is 4.89. The molecule has 0 spiro atoms. The molecule has 0 aliphatic carbocycles. The lowest BCUT2D eigenvalue weighted by molar-refractivity contribution is -0.137.